The monoisotopic (exact) mass is 310 g/mol. The van der Waals surface area contributed by atoms with Crippen molar-refractivity contribution in [3.63, 3.8) is 0 Å². The zero-order valence-corrected chi connectivity index (χ0v) is 12.3. The molecule has 0 amide bonds. The molecule has 1 aromatic carbocycles. The molecule has 102 valence electrons. The average molecular weight is 311 g/mol. The third-order valence-electron chi connectivity index (χ3n) is 2.08. The van der Waals surface area contributed by atoms with Crippen molar-refractivity contribution in [2.75, 3.05) is 24.8 Å². The van der Waals surface area contributed by atoms with Crippen LogP contribution in [0.3, 0.4) is 0 Å². The molecule has 0 heterocycles. The van der Waals surface area contributed by atoms with E-state index < -0.39 is 7.67 Å². The molecular formula is C11H17Cl2N2O2P. The summed E-state index contributed by atoms with van der Waals surface area (Å²) >= 11 is 11.1. The Bertz CT molecular complexity index is 367. The topological polar surface area (TPSA) is 50.4 Å². The van der Waals surface area contributed by atoms with Crippen LogP contribution in [0.5, 0.6) is 0 Å². The minimum atomic E-state index is -3.09. The molecular weight excluding hydrogens is 294 g/mol. The predicted octanol–water partition coefficient (Wildman–Crippen LogP) is 2.97. The second-order valence-electron chi connectivity index (χ2n) is 3.50. The van der Waals surface area contributed by atoms with Gasteiger partial charge in [0, 0.05) is 24.8 Å². The Morgan fingerprint density at radius 2 is 1.61 bits per heavy atom. The molecule has 1 aromatic rings. The minimum absolute atomic E-state index is 0.267. The third-order valence-corrected chi connectivity index (χ3v) is 4.24. The Kier molecular flexibility index (Phi) is 7.91. The minimum Gasteiger partial charge on any atom is -0.301 e. The van der Waals surface area contributed by atoms with Gasteiger partial charge in [0.1, 0.15) is 0 Å². The number of hydrogen-bond acceptors (Lipinski definition) is 2. The summed E-state index contributed by atoms with van der Waals surface area (Å²) in [4.78, 5) is 0. The largest absolute Gasteiger partial charge is 0.341 e. The predicted molar refractivity (Wildman–Crippen MR) is 76.3 cm³/mol. The lowest BCUT2D eigenvalue weighted by atomic mass is 10.2. The summed E-state index contributed by atoms with van der Waals surface area (Å²) in [7, 11) is -3.09. The van der Waals surface area contributed by atoms with E-state index >= 15 is 0 Å². The summed E-state index contributed by atoms with van der Waals surface area (Å²) in [5.41, 5.74) is 0.957. The zero-order chi connectivity index (χ0) is 13.3. The van der Waals surface area contributed by atoms with Crippen LogP contribution in [0.25, 0.3) is 0 Å². The van der Waals surface area contributed by atoms with Crippen LogP contribution in [-0.2, 0) is 15.7 Å². The van der Waals surface area contributed by atoms with Gasteiger partial charge in [-0.25, -0.2) is 10.2 Å². The SMILES string of the molecule is O=P(NCCCl)(NCCCl)OCc1ccccc1. The normalized spacial score (nSPS) is 11.7. The van der Waals surface area contributed by atoms with Crippen LogP contribution in [0.15, 0.2) is 30.3 Å². The van der Waals surface area contributed by atoms with E-state index in [1.807, 2.05) is 30.3 Å². The van der Waals surface area contributed by atoms with E-state index in [2.05, 4.69) is 10.2 Å². The summed E-state index contributed by atoms with van der Waals surface area (Å²) in [6.45, 7) is 1.08. The van der Waals surface area contributed by atoms with Gasteiger partial charge in [0.25, 0.3) is 0 Å². The van der Waals surface area contributed by atoms with Gasteiger partial charge in [0.2, 0.25) is 0 Å². The van der Waals surface area contributed by atoms with Crippen molar-refractivity contribution in [2.45, 2.75) is 6.61 Å². The van der Waals surface area contributed by atoms with Crippen LogP contribution >= 0.6 is 30.9 Å². The maximum absolute atomic E-state index is 12.3. The summed E-state index contributed by atoms with van der Waals surface area (Å²) < 4.78 is 17.8. The summed E-state index contributed by atoms with van der Waals surface area (Å²) in [6.07, 6.45) is 0. The molecule has 7 heteroatoms. The van der Waals surface area contributed by atoms with Gasteiger partial charge in [0.15, 0.2) is 0 Å². The maximum Gasteiger partial charge on any atom is 0.341 e. The van der Waals surface area contributed by atoms with Gasteiger partial charge in [-0.3, -0.25) is 4.57 Å². The number of benzene rings is 1. The lowest BCUT2D eigenvalue weighted by Crippen LogP contribution is -2.27. The van der Waals surface area contributed by atoms with E-state index in [-0.39, 0.29) is 6.61 Å². The van der Waals surface area contributed by atoms with Crippen LogP contribution in [0.1, 0.15) is 5.56 Å². The molecule has 2 N–H and O–H groups in total. The first-order valence-corrected chi connectivity index (χ1v) is 8.30. The molecule has 1 rings (SSSR count). The number of halogens is 2. The van der Waals surface area contributed by atoms with Crippen molar-refractivity contribution in [1.29, 1.82) is 0 Å². The first-order valence-electron chi connectivity index (χ1n) is 5.61. The van der Waals surface area contributed by atoms with Crippen LogP contribution in [-0.4, -0.2) is 24.8 Å². The van der Waals surface area contributed by atoms with Gasteiger partial charge in [-0.05, 0) is 5.56 Å². The Balaban J connectivity index is 2.52. The highest BCUT2D eigenvalue weighted by atomic mass is 35.5. The molecule has 0 aliphatic heterocycles. The third kappa shape index (κ3) is 6.19. The van der Waals surface area contributed by atoms with E-state index in [1.54, 1.807) is 0 Å². The van der Waals surface area contributed by atoms with Crippen molar-refractivity contribution in [2.24, 2.45) is 0 Å². The Morgan fingerprint density at radius 3 is 2.11 bits per heavy atom. The first kappa shape index (κ1) is 16.0. The molecule has 0 unspecified atom stereocenters. The number of nitrogens with one attached hydrogen (secondary N) is 2. The van der Waals surface area contributed by atoms with Crippen LogP contribution < -0.4 is 10.2 Å². The first-order chi connectivity index (χ1) is 8.70. The van der Waals surface area contributed by atoms with Crippen LogP contribution in [0, 0.1) is 0 Å². The molecule has 0 fully saturated rings. The highest BCUT2D eigenvalue weighted by Gasteiger charge is 2.21. The number of rotatable bonds is 9. The number of hydrogen-bond donors (Lipinski definition) is 2. The molecule has 4 nitrogen and oxygen atoms in total. The standard InChI is InChI=1S/C11H17Cl2N2O2P/c12-6-8-14-18(16,15-9-7-13)17-10-11-4-2-1-3-5-11/h1-5H,6-10H2,(H2,14,15,16). The van der Waals surface area contributed by atoms with Gasteiger partial charge in [-0.15, -0.1) is 23.2 Å². The fourth-order valence-electron chi connectivity index (χ4n) is 1.27. The molecule has 0 saturated carbocycles. The summed E-state index contributed by atoms with van der Waals surface area (Å²) in [5, 5.41) is 5.56. The van der Waals surface area contributed by atoms with E-state index in [9.17, 15) is 4.57 Å². The van der Waals surface area contributed by atoms with Crippen LogP contribution in [0.4, 0.5) is 0 Å². The summed E-state index contributed by atoms with van der Waals surface area (Å²) in [6, 6.07) is 9.55. The smallest absolute Gasteiger partial charge is 0.301 e. The quantitative estimate of drug-likeness (QED) is 0.544. The zero-order valence-electron chi connectivity index (χ0n) is 9.94. The van der Waals surface area contributed by atoms with Gasteiger partial charge in [0.05, 0.1) is 6.61 Å². The Labute approximate surface area is 118 Å². The fraction of sp³-hybridized carbons (Fsp3) is 0.455. The average Bonchev–Trinajstić information content (AvgIpc) is 2.42. The second kappa shape index (κ2) is 8.92. The van der Waals surface area contributed by atoms with Gasteiger partial charge < -0.3 is 4.52 Å². The molecule has 0 atom stereocenters. The Morgan fingerprint density at radius 1 is 1.06 bits per heavy atom. The van der Waals surface area contributed by atoms with Gasteiger partial charge in [-0.1, -0.05) is 30.3 Å². The Hall–Kier alpha value is -0.0900. The van der Waals surface area contributed by atoms with E-state index in [1.165, 1.54) is 0 Å². The van der Waals surface area contributed by atoms with Crippen molar-refractivity contribution in [3.8, 4) is 0 Å². The van der Waals surface area contributed by atoms with Gasteiger partial charge in [-0.2, -0.15) is 0 Å². The van der Waals surface area contributed by atoms with E-state index in [0.29, 0.717) is 24.8 Å². The fourth-order valence-corrected chi connectivity index (χ4v) is 3.16. The van der Waals surface area contributed by atoms with Gasteiger partial charge >= 0.3 is 7.67 Å². The molecule has 18 heavy (non-hydrogen) atoms. The molecule has 0 aliphatic carbocycles. The molecule has 0 aliphatic rings. The second-order valence-corrected chi connectivity index (χ2v) is 6.25. The molecule has 0 saturated heterocycles. The maximum atomic E-state index is 12.3. The lowest BCUT2D eigenvalue weighted by molar-refractivity contribution is 0.288. The molecule has 0 bridgehead atoms. The van der Waals surface area contributed by atoms with Crippen molar-refractivity contribution < 1.29 is 9.09 Å². The lowest BCUT2D eigenvalue weighted by Gasteiger charge is -2.19. The number of alkyl halides is 2. The highest BCUT2D eigenvalue weighted by molar-refractivity contribution is 7.54. The van der Waals surface area contributed by atoms with Crippen molar-refractivity contribution >= 4 is 30.9 Å². The van der Waals surface area contributed by atoms with E-state index in [0.717, 1.165) is 5.56 Å². The van der Waals surface area contributed by atoms with Crippen molar-refractivity contribution in [3.05, 3.63) is 35.9 Å². The highest BCUT2D eigenvalue weighted by Crippen LogP contribution is 2.37. The van der Waals surface area contributed by atoms with Crippen molar-refractivity contribution in [1.82, 2.24) is 10.2 Å². The summed E-state index contributed by atoms with van der Waals surface area (Å²) in [5.74, 6) is 0.725. The molecule has 0 aromatic heterocycles. The molecule has 0 spiro atoms. The molecule has 0 radical (unpaired) electrons. The van der Waals surface area contributed by atoms with E-state index in [4.69, 9.17) is 27.7 Å². The van der Waals surface area contributed by atoms with Crippen LogP contribution in [0.2, 0.25) is 0 Å².